The Balaban J connectivity index is 0.00000176. The number of rotatable bonds is 2. The van der Waals surface area contributed by atoms with Crippen molar-refractivity contribution in [3.63, 3.8) is 0 Å². The lowest BCUT2D eigenvalue weighted by molar-refractivity contribution is 0.0928. The molecule has 7 nitrogen and oxygen atoms in total. The van der Waals surface area contributed by atoms with Crippen LogP contribution in [0.1, 0.15) is 27.5 Å². The van der Waals surface area contributed by atoms with Gasteiger partial charge in [-0.3, -0.25) is 9.59 Å². The van der Waals surface area contributed by atoms with Crippen molar-refractivity contribution in [1.82, 2.24) is 15.5 Å². The molecule has 1 heterocycles. The van der Waals surface area contributed by atoms with Gasteiger partial charge in [0.1, 0.15) is 5.56 Å². The van der Waals surface area contributed by atoms with E-state index in [1.807, 2.05) is 24.3 Å². The van der Waals surface area contributed by atoms with Crippen molar-refractivity contribution < 1.29 is 9.90 Å². The molecule has 3 rings (SSSR count). The summed E-state index contributed by atoms with van der Waals surface area (Å²) in [6.45, 7) is 0. The molecule has 2 atom stereocenters. The van der Waals surface area contributed by atoms with Crippen molar-refractivity contribution in [2.24, 2.45) is 5.73 Å². The minimum Gasteiger partial charge on any atom is -0.505 e. The number of halogens is 1. The van der Waals surface area contributed by atoms with Crippen molar-refractivity contribution in [1.29, 1.82) is 0 Å². The average Bonchev–Trinajstić information content (AvgIpc) is 2.76. The molecule has 22 heavy (non-hydrogen) atoms. The Kier molecular flexibility index (Phi) is 4.48. The number of hydrogen-bond acceptors (Lipinski definition) is 5. The summed E-state index contributed by atoms with van der Waals surface area (Å²) in [5.74, 6) is -1.12. The third kappa shape index (κ3) is 2.68. The van der Waals surface area contributed by atoms with E-state index in [0.29, 0.717) is 6.42 Å². The Morgan fingerprint density at radius 1 is 1.41 bits per heavy atom. The zero-order chi connectivity index (χ0) is 15.0. The lowest BCUT2D eigenvalue weighted by Gasteiger charge is -2.17. The van der Waals surface area contributed by atoms with Gasteiger partial charge >= 0.3 is 0 Å². The van der Waals surface area contributed by atoms with Crippen LogP contribution in [0.3, 0.4) is 0 Å². The van der Waals surface area contributed by atoms with E-state index in [1.54, 1.807) is 0 Å². The van der Waals surface area contributed by atoms with Gasteiger partial charge in [0.2, 0.25) is 0 Å². The summed E-state index contributed by atoms with van der Waals surface area (Å²) >= 11 is 0. The zero-order valence-electron chi connectivity index (χ0n) is 11.4. The topological polar surface area (TPSA) is 121 Å². The smallest absolute Gasteiger partial charge is 0.280 e. The van der Waals surface area contributed by atoms with Gasteiger partial charge < -0.3 is 16.2 Å². The Labute approximate surface area is 132 Å². The normalized spacial score (nSPS) is 19.1. The zero-order valence-corrected chi connectivity index (χ0v) is 12.3. The Morgan fingerprint density at radius 3 is 2.82 bits per heavy atom. The van der Waals surface area contributed by atoms with Crippen LogP contribution in [0.5, 0.6) is 5.75 Å². The molecule has 2 aromatic rings. The van der Waals surface area contributed by atoms with Crippen LogP contribution in [0, 0.1) is 0 Å². The number of H-pyrrole nitrogens is 1. The third-order valence-electron chi connectivity index (χ3n) is 3.67. The fourth-order valence-corrected chi connectivity index (χ4v) is 2.62. The number of amides is 1. The van der Waals surface area contributed by atoms with Crippen molar-refractivity contribution in [3.8, 4) is 5.75 Å². The minimum atomic E-state index is -0.739. The highest BCUT2D eigenvalue weighted by atomic mass is 35.5. The number of nitrogens with one attached hydrogen (secondary N) is 2. The molecule has 0 saturated heterocycles. The molecule has 0 bridgehead atoms. The van der Waals surface area contributed by atoms with Gasteiger partial charge in [-0.2, -0.15) is 5.10 Å². The molecule has 116 valence electrons. The molecular weight excluding hydrogens is 308 g/mol. The second kappa shape index (κ2) is 6.17. The van der Waals surface area contributed by atoms with E-state index in [1.165, 1.54) is 0 Å². The number of benzene rings is 1. The number of fused-ring (bicyclic) bond motifs is 1. The summed E-state index contributed by atoms with van der Waals surface area (Å²) in [4.78, 5) is 23.7. The highest BCUT2D eigenvalue weighted by Crippen LogP contribution is 2.29. The number of hydrogen-bond donors (Lipinski definition) is 4. The largest absolute Gasteiger partial charge is 0.505 e. The number of nitrogens with two attached hydrogens (primary N) is 1. The predicted molar refractivity (Wildman–Crippen MR) is 82.1 cm³/mol. The van der Waals surface area contributed by atoms with Crippen molar-refractivity contribution in [2.45, 2.75) is 18.5 Å². The molecule has 0 aliphatic heterocycles. The molecule has 1 aliphatic rings. The predicted octanol–water partition coefficient (Wildman–Crippen LogP) is 0.252. The maximum atomic E-state index is 12.2. The van der Waals surface area contributed by atoms with Crippen LogP contribution in [0.2, 0.25) is 0 Å². The van der Waals surface area contributed by atoms with E-state index >= 15 is 0 Å². The van der Waals surface area contributed by atoms with E-state index in [9.17, 15) is 14.7 Å². The minimum absolute atomic E-state index is 0. The second-order valence-corrected chi connectivity index (χ2v) is 4.97. The van der Waals surface area contributed by atoms with Crippen LogP contribution in [0.15, 0.2) is 35.3 Å². The van der Waals surface area contributed by atoms with Gasteiger partial charge in [0.05, 0.1) is 18.3 Å². The maximum Gasteiger partial charge on any atom is 0.280 e. The van der Waals surface area contributed by atoms with Crippen LogP contribution in [-0.2, 0) is 6.42 Å². The van der Waals surface area contributed by atoms with Crippen LogP contribution in [0.4, 0.5) is 0 Å². The third-order valence-corrected chi connectivity index (χ3v) is 3.67. The number of aromatic hydroxyl groups is 1. The lowest BCUT2D eigenvalue weighted by Crippen LogP contribution is -2.42. The Morgan fingerprint density at radius 2 is 2.14 bits per heavy atom. The summed E-state index contributed by atoms with van der Waals surface area (Å²) < 4.78 is 0. The molecule has 1 aromatic carbocycles. The van der Waals surface area contributed by atoms with Gasteiger partial charge in [-0.25, -0.2) is 5.10 Å². The molecule has 0 unspecified atom stereocenters. The molecule has 0 saturated carbocycles. The molecule has 8 heteroatoms. The Hall–Kier alpha value is -2.38. The molecule has 0 fully saturated rings. The average molecular weight is 323 g/mol. The van der Waals surface area contributed by atoms with Crippen LogP contribution in [0.25, 0.3) is 0 Å². The van der Waals surface area contributed by atoms with Crippen LogP contribution >= 0.6 is 12.4 Å². The van der Waals surface area contributed by atoms with Gasteiger partial charge in [-0.1, -0.05) is 24.3 Å². The monoisotopic (exact) mass is 322 g/mol. The van der Waals surface area contributed by atoms with E-state index in [4.69, 9.17) is 5.73 Å². The van der Waals surface area contributed by atoms with E-state index in [-0.39, 0.29) is 30.1 Å². The SMILES string of the molecule is Cl.N[C@@H]1c2ccccc2C[C@H]1NC(=O)c1c(O)cn[nH]c1=O. The van der Waals surface area contributed by atoms with Crippen molar-refractivity contribution in [2.75, 3.05) is 0 Å². The number of aromatic amines is 1. The van der Waals surface area contributed by atoms with Gasteiger partial charge in [-0.05, 0) is 17.5 Å². The van der Waals surface area contributed by atoms with E-state index < -0.39 is 17.2 Å². The highest BCUT2D eigenvalue weighted by molar-refractivity contribution is 5.96. The number of aromatic nitrogens is 2. The molecular formula is C14H15ClN4O3. The number of nitrogens with zero attached hydrogens (tertiary/aromatic N) is 1. The standard InChI is InChI=1S/C14H14N4O3.ClH/c15-12-8-4-2-1-3-7(8)5-9(12)17-13(20)11-10(19)6-16-18-14(11)21;/h1-4,6,9,12H,5,15H2,(H,17,20)(H2,18,19,21);1H/t9-,12-;/m1./s1. The van der Waals surface area contributed by atoms with Gasteiger partial charge in [-0.15, -0.1) is 12.4 Å². The molecule has 1 aliphatic carbocycles. The first-order chi connectivity index (χ1) is 10.1. The van der Waals surface area contributed by atoms with E-state index in [2.05, 4.69) is 15.5 Å². The summed E-state index contributed by atoms with van der Waals surface area (Å²) in [6.07, 6.45) is 1.60. The van der Waals surface area contributed by atoms with Crippen LogP contribution < -0.4 is 16.6 Å². The van der Waals surface area contributed by atoms with Crippen molar-refractivity contribution in [3.05, 3.63) is 57.5 Å². The fourth-order valence-electron chi connectivity index (χ4n) is 2.62. The first-order valence-corrected chi connectivity index (χ1v) is 6.49. The first kappa shape index (κ1) is 16.0. The van der Waals surface area contributed by atoms with Crippen molar-refractivity contribution >= 4 is 18.3 Å². The second-order valence-electron chi connectivity index (χ2n) is 4.97. The molecule has 1 amide bonds. The molecule has 5 N–H and O–H groups in total. The van der Waals surface area contributed by atoms with Gasteiger partial charge in [0, 0.05) is 0 Å². The number of carbonyl (C=O) groups is 1. The molecule has 1 aromatic heterocycles. The first-order valence-electron chi connectivity index (χ1n) is 6.49. The summed E-state index contributed by atoms with van der Waals surface area (Å²) in [5, 5.41) is 17.8. The number of carbonyl (C=O) groups excluding carboxylic acids is 1. The summed E-state index contributed by atoms with van der Waals surface area (Å²) in [6, 6.07) is 7.02. The lowest BCUT2D eigenvalue weighted by atomic mass is 10.1. The van der Waals surface area contributed by atoms with Crippen LogP contribution in [-0.4, -0.2) is 27.3 Å². The quantitative estimate of drug-likeness (QED) is 0.631. The van der Waals surface area contributed by atoms with Gasteiger partial charge in [0.15, 0.2) is 5.75 Å². The Bertz CT molecular complexity index is 762. The summed E-state index contributed by atoms with van der Waals surface area (Å²) in [5.41, 5.74) is 7.08. The summed E-state index contributed by atoms with van der Waals surface area (Å²) in [7, 11) is 0. The van der Waals surface area contributed by atoms with E-state index in [0.717, 1.165) is 17.3 Å². The molecule has 0 spiro atoms. The fraction of sp³-hybridized carbons (Fsp3) is 0.214. The highest BCUT2D eigenvalue weighted by Gasteiger charge is 2.31. The van der Waals surface area contributed by atoms with Gasteiger partial charge in [0.25, 0.3) is 11.5 Å². The maximum absolute atomic E-state index is 12.2. The molecule has 0 radical (unpaired) electrons.